The molecule has 2 aliphatic rings. The third kappa shape index (κ3) is 2.80. The molecule has 0 radical (unpaired) electrons. The van der Waals surface area contributed by atoms with Crippen molar-refractivity contribution in [1.82, 2.24) is 0 Å². The van der Waals surface area contributed by atoms with Crippen LogP contribution in [0.15, 0.2) is 24.3 Å². The first-order chi connectivity index (χ1) is 9.65. The third-order valence-electron chi connectivity index (χ3n) is 4.41. The molecule has 4 heteroatoms. The predicted octanol–water partition coefficient (Wildman–Crippen LogP) is 2.24. The second kappa shape index (κ2) is 5.44. The van der Waals surface area contributed by atoms with Gasteiger partial charge in [-0.2, -0.15) is 0 Å². The Kier molecular flexibility index (Phi) is 3.66. The van der Waals surface area contributed by atoms with E-state index in [0.29, 0.717) is 5.92 Å². The summed E-state index contributed by atoms with van der Waals surface area (Å²) in [5.74, 6) is 0.848. The molecule has 1 saturated heterocycles. The van der Waals surface area contributed by atoms with Crippen LogP contribution in [0, 0.1) is 11.8 Å². The highest BCUT2D eigenvalue weighted by Gasteiger charge is 2.39. The summed E-state index contributed by atoms with van der Waals surface area (Å²) in [4.78, 5) is 14.4. The van der Waals surface area contributed by atoms with E-state index in [2.05, 4.69) is 17.1 Å². The number of nitrogens with zero attached hydrogens (tertiary/aromatic N) is 1. The summed E-state index contributed by atoms with van der Waals surface area (Å²) in [6, 6.07) is 7.96. The molecule has 20 heavy (non-hydrogen) atoms. The van der Waals surface area contributed by atoms with Crippen LogP contribution in [0.1, 0.15) is 26.2 Å². The highest BCUT2D eigenvalue weighted by Crippen LogP contribution is 2.39. The molecule has 1 aromatic rings. The van der Waals surface area contributed by atoms with Gasteiger partial charge in [0.2, 0.25) is 5.91 Å². The van der Waals surface area contributed by atoms with Crippen LogP contribution in [0.5, 0.6) is 0 Å². The van der Waals surface area contributed by atoms with Gasteiger partial charge in [-0.3, -0.25) is 4.79 Å². The lowest BCUT2D eigenvalue weighted by Gasteiger charge is -2.32. The van der Waals surface area contributed by atoms with Crippen LogP contribution in [-0.2, 0) is 4.79 Å². The van der Waals surface area contributed by atoms with Crippen LogP contribution in [0.4, 0.5) is 11.4 Å². The lowest BCUT2D eigenvalue weighted by atomic mass is 10.1. The van der Waals surface area contributed by atoms with Gasteiger partial charge in [-0.05, 0) is 37.3 Å². The number of piperidine rings is 1. The summed E-state index contributed by atoms with van der Waals surface area (Å²) in [6.07, 6.45) is 2.41. The second-order valence-corrected chi connectivity index (χ2v) is 6.04. The van der Waals surface area contributed by atoms with Crippen molar-refractivity contribution in [3.63, 3.8) is 0 Å². The second-order valence-electron chi connectivity index (χ2n) is 6.04. The van der Waals surface area contributed by atoms with E-state index >= 15 is 0 Å². The number of carbonyl (C=O) groups is 1. The lowest BCUT2D eigenvalue weighted by molar-refractivity contribution is -0.117. The molecule has 3 rings (SSSR count). The Labute approximate surface area is 119 Å². The molecule has 2 unspecified atom stereocenters. The van der Waals surface area contributed by atoms with E-state index in [1.807, 2.05) is 24.3 Å². The topological polar surface area (TPSA) is 52.6 Å². The van der Waals surface area contributed by atoms with Gasteiger partial charge < -0.3 is 15.3 Å². The van der Waals surface area contributed by atoms with Gasteiger partial charge >= 0.3 is 0 Å². The maximum Gasteiger partial charge on any atom is 0.227 e. The van der Waals surface area contributed by atoms with Gasteiger partial charge in [-0.15, -0.1) is 0 Å². The van der Waals surface area contributed by atoms with Crippen LogP contribution < -0.4 is 10.2 Å². The average molecular weight is 274 g/mol. The number of rotatable bonds is 3. The summed E-state index contributed by atoms with van der Waals surface area (Å²) < 4.78 is 0. The van der Waals surface area contributed by atoms with Gasteiger partial charge in [-0.1, -0.05) is 19.1 Å². The highest BCUT2D eigenvalue weighted by molar-refractivity contribution is 5.97. The van der Waals surface area contributed by atoms with Gasteiger partial charge in [0.25, 0.3) is 0 Å². The summed E-state index contributed by atoms with van der Waals surface area (Å²) in [5.41, 5.74) is 1.97. The summed E-state index contributed by atoms with van der Waals surface area (Å²) in [7, 11) is 0. The number of hydrogen-bond acceptors (Lipinski definition) is 3. The summed E-state index contributed by atoms with van der Waals surface area (Å²) in [6.45, 7) is 3.80. The maximum atomic E-state index is 12.1. The molecule has 2 atom stereocenters. The number of aliphatic hydroxyl groups excluding tert-OH is 1. The molecule has 1 aliphatic heterocycles. The number of amides is 1. The zero-order chi connectivity index (χ0) is 14.1. The van der Waals surface area contributed by atoms with Crippen LogP contribution in [-0.4, -0.2) is 30.2 Å². The van der Waals surface area contributed by atoms with Gasteiger partial charge in [0.05, 0.1) is 17.5 Å². The Morgan fingerprint density at radius 3 is 2.60 bits per heavy atom. The number of aliphatic hydroxyl groups is 1. The van der Waals surface area contributed by atoms with Crippen LogP contribution >= 0.6 is 0 Å². The summed E-state index contributed by atoms with van der Waals surface area (Å²) in [5, 5.41) is 12.7. The zero-order valence-corrected chi connectivity index (χ0v) is 11.9. The number of nitrogens with one attached hydrogen (secondary N) is 1. The summed E-state index contributed by atoms with van der Waals surface area (Å²) >= 11 is 0. The molecule has 108 valence electrons. The number of benzene rings is 1. The first kappa shape index (κ1) is 13.4. The van der Waals surface area contributed by atoms with Crippen LogP contribution in [0.3, 0.4) is 0 Å². The Morgan fingerprint density at radius 2 is 1.95 bits per heavy atom. The number of para-hydroxylation sites is 2. The Balaban J connectivity index is 1.72. The fourth-order valence-electron chi connectivity index (χ4n) is 2.87. The zero-order valence-electron chi connectivity index (χ0n) is 11.9. The highest BCUT2D eigenvalue weighted by atomic mass is 16.3. The van der Waals surface area contributed by atoms with Crippen LogP contribution in [0.2, 0.25) is 0 Å². The largest absolute Gasteiger partial charge is 0.393 e. The third-order valence-corrected chi connectivity index (χ3v) is 4.41. The molecule has 4 nitrogen and oxygen atoms in total. The van der Waals surface area contributed by atoms with Crippen molar-refractivity contribution in [3.05, 3.63) is 24.3 Å². The van der Waals surface area contributed by atoms with Crippen molar-refractivity contribution in [2.75, 3.05) is 23.3 Å². The van der Waals surface area contributed by atoms with E-state index < -0.39 is 0 Å². The molecule has 0 bridgehead atoms. The molecular formula is C16H22N2O2. The molecule has 0 spiro atoms. The Bertz CT molecular complexity index is 495. The molecule has 1 saturated carbocycles. The van der Waals surface area contributed by atoms with E-state index in [4.69, 9.17) is 0 Å². The van der Waals surface area contributed by atoms with Crippen molar-refractivity contribution in [3.8, 4) is 0 Å². The minimum absolute atomic E-state index is 0.141. The van der Waals surface area contributed by atoms with E-state index in [0.717, 1.165) is 43.7 Å². The van der Waals surface area contributed by atoms with E-state index in [-0.39, 0.29) is 17.9 Å². The van der Waals surface area contributed by atoms with Crippen molar-refractivity contribution < 1.29 is 9.90 Å². The predicted molar refractivity (Wildman–Crippen MR) is 79.8 cm³/mol. The Hall–Kier alpha value is -1.55. The lowest BCUT2D eigenvalue weighted by Crippen LogP contribution is -2.36. The number of carbonyl (C=O) groups excluding carboxylic acids is 1. The molecule has 1 amide bonds. The van der Waals surface area contributed by atoms with Crippen molar-refractivity contribution in [2.24, 2.45) is 11.8 Å². The molecule has 0 aromatic heterocycles. The SMILES string of the molecule is CC1CC1C(=O)Nc1ccccc1N1CCC(O)CC1. The average Bonchev–Trinajstić information content (AvgIpc) is 3.18. The van der Waals surface area contributed by atoms with Gasteiger partial charge in [0.1, 0.15) is 0 Å². The van der Waals surface area contributed by atoms with E-state index in [9.17, 15) is 9.90 Å². The minimum atomic E-state index is -0.180. The van der Waals surface area contributed by atoms with Crippen molar-refractivity contribution in [1.29, 1.82) is 0 Å². The van der Waals surface area contributed by atoms with Crippen molar-refractivity contribution in [2.45, 2.75) is 32.3 Å². The fourth-order valence-corrected chi connectivity index (χ4v) is 2.87. The standard InChI is InChI=1S/C16H22N2O2/c1-11-10-13(11)16(20)17-14-4-2-3-5-15(14)18-8-6-12(19)7-9-18/h2-5,11-13,19H,6-10H2,1H3,(H,17,20). The molecule has 2 N–H and O–H groups in total. The monoisotopic (exact) mass is 274 g/mol. The molecule has 1 aliphatic carbocycles. The van der Waals surface area contributed by atoms with Crippen molar-refractivity contribution >= 4 is 17.3 Å². The first-order valence-corrected chi connectivity index (χ1v) is 7.48. The smallest absolute Gasteiger partial charge is 0.227 e. The number of hydrogen-bond donors (Lipinski definition) is 2. The normalized spacial score (nSPS) is 26.4. The maximum absolute atomic E-state index is 12.1. The number of anilines is 2. The van der Waals surface area contributed by atoms with Crippen LogP contribution in [0.25, 0.3) is 0 Å². The molecule has 1 aromatic carbocycles. The van der Waals surface area contributed by atoms with Gasteiger partial charge in [0.15, 0.2) is 0 Å². The quantitative estimate of drug-likeness (QED) is 0.889. The fraction of sp³-hybridized carbons (Fsp3) is 0.562. The first-order valence-electron chi connectivity index (χ1n) is 7.48. The van der Waals surface area contributed by atoms with Gasteiger partial charge in [-0.25, -0.2) is 0 Å². The van der Waals surface area contributed by atoms with Gasteiger partial charge in [0, 0.05) is 19.0 Å². The molecular weight excluding hydrogens is 252 g/mol. The van der Waals surface area contributed by atoms with E-state index in [1.54, 1.807) is 0 Å². The molecule has 2 fully saturated rings. The Morgan fingerprint density at radius 1 is 1.30 bits per heavy atom. The van der Waals surface area contributed by atoms with E-state index in [1.165, 1.54) is 0 Å². The minimum Gasteiger partial charge on any atom is -0.393 e. The molecule has 1 heterocycles.